The molecule has 1 atom stereocenters. The Morgan fingerprint density at radius 2 is 1.90 bits per heavy atom. The molecule has 2 aliphatic rings. The van der Waals surface area contributed by atoms with E-state index in [2.05, 4.69) is 18.0 Å². The van der Waals surface area contributed by atoms with E-state index < -0.39 is 23.8 Å². The minimum Gasteiger partial charge on any atom is -0.374 e. The Morgan fingerprint density at radius 1 is 1.19 bits per heavy atom. The molecule has 8 heteroatoms. The molecule has 1 unspecified atom stereocenters. The number of nitriles is 1. The van der Waals surface area contributed by atoms with E-state index in [1.165, 1.54) is 17.0 Å². The Balaban J connectivity index is 1.85. The molecular formula is C23H19F3N4O. The van der Waals surface area contributed by atoms with Crippen molar-refractivity contribution >= 4 is 11.7 Å². The smallest absolute Gasteiger partial charge is 0.374 e. The molecule has 5 nitrogen and oxygen atoms in total. The van der Waals surface area contributed by atoms with Crippen molar-refractivity contribution in [1.29, 1.82) is 5.26 Å². The zero-order valence-electron chi connectivity index (χ0n) is 16.7. The normalized spacial score (nSPS) is 19.1. The summed E-state index contributed by atoms with van der Waals surface area (Å²) in [6, 6.07) is 12.6. The van der Waals surface area contributed by atoms with Gasteiger partial charge in [0.1, 0.15) is 0 Å². The van der Waals surface area contributed by atoms with Gasteiger partial charge in [0.05, 0.1) is 28.9 Å². The highest BCUT2D eigenvalue weighted by Crippen LogP contribution is 2.42. The molecule has 2 amide bonds. The molecule has 0 saturated carbocycles. The Labute approximate surface area is 177 Å². The number of alkyl halides is 3. The minimum absolute atomic E-state index is 0.149. The van der Waals surface area contributed by atoms with Crippen LogP contribution in [0.5, 0.6) is 0 Å². The number of rotatable bonds is 2. The second-order valence-electron chi connectivity index (χ2n) is 7.48. The van der Waals surface area contributed by atoms with E-state index in [0.29, 0.717) is 29.9 Å². The number of halogens is 3. The number of anilines is 1. The SMILES string of the molecule is C=C1C2=C(CCN1C)N(c1cccc(C(F)(F)F)c1)C(=O)NC2c1ccc(C#N)cc1. The fourth-order valence-electron chi connectivity index (χ4n) is 3.96. The van der Waals surface area contributed by atoms with E-state index in [0.717, 1.165) is 23.3 Å². The molecule has 0 bridgehead atoms. The molecular weight excluding hydrogens is 405 g/mol. The average Bonchev–Trinajstić information content (AvgIpc) is 2.75. The summed E-state index contributed by atoms with van der Waals surface area (Å²) in [5.41, 5.74) is 2.64. The van der Waals surface area contributed by atoms with Crippen LogP contribution in [0.2, 0.25) is 0 Å². The first-order valence-electron chi connectivity index (χ1n) is 9.62. The van der Waals surface area contributed by atoms with Gasteiger partial charge >= 0.3 is 12.2 Å². The first-order valence-corrected chi connectivity index (χ1v) is 9.62. The van der Waals surface area contributed by atoms with Gasteiger partial charge in [0.2, 0.25) is 0 Å². The van der Waals surface area contributed by atoms with Gasteiger partial charge in [-0.3, -0.25) is 4.90 Å². The number of carbonyl (C=O) groups excluding carboxylic acids is 1. The molecule has 31 heavy (non-hydrogen) atoms. The van der Waals surface area contributed by atoms with Gasteiger partial charge in [0.25, 0.3) is 0 Å². The highest BCUT2D eigenvalue weighted by Gasteiger charge is 2.39. The first-order chi connectivity index (χ1) is 14.7. The van der Waals surface area contributed by atoms with Gasteiger partial charge in [-0.2, -0.15) is 18.4 Å². The van der Waals surface area contributed by atoms with Gasteiger partial charge in [-0.25, -0.2) is 4.79 Å². The predicted octanol–water partition coefficient (Wildman–Crippen LogP) is 4.95. The van der Waals surface area contributed by atoms with E-state index >= 15 is 0 Å². The molecule has 0 fully saturated rings. The molecule has 4 rings (SSSR count). The Morgan fingerprint density at radius 3 is 2.55 bits per heavy atom. The summed E-state index contributed by atoms with van der Waals surface area (Å²) in [4.78, 5) is 16.4. The first kappa shape index (κ1) is 20.5. The summed E-state index contributed by atoms with van der Waals surface area (Å²) in [7, 11) is 1.88. The molecule has 2 heterocycles. The van der Waals surface area contributed by atoms with E-state index in [1.807, 2.05) is 11.9 Å². The van der Waals surface area contributed by atoms with Crippen LogP contribution in [0, 0.1) is 11.3 Å². The Bertz CT molecular complexity index is 1130. The van der Waals surface area contributed by atoms with Gasteiger partial charge in [-0.15, -0.1) is 0 Å². The predicted molar refractivity (Wildman–Crippen MR) is 110 cm³/mol. The van der Waals surface area contributed by atoms with E-state index in [-0.39, 0.29) is 5.69 Å². The van der Waals surface area contributed by atoms with Crippen molar-refractivity contribution in [3.63, 3.8) is 0 Å². The molecule has 0 aliphatic carbocycles. The summed E-state index contributed by atoms with van der Waals surface area (Å²) in [6.07, 6.45) is -4.04. The molecule has 0 saturated heterocycles. The molecule has 1 N–H and O–H groups in total. The number of benzene rings is 2. The van der Waals surface area contributed by atoms with Crippen LogP contribution < -0.4 is 10.2 Å². The van der Waals surface area contributed by atoms with E-state index in [4.69, 9.17) is 5.26 Å². The van der Waals surface area contributed by atoms with Crippen LogP contribution in [0.3, 0.4) is 0 Å². The van der Waals surface area contributed by atoms with Gasteiger partial charge in [0, 0.05) is 37.0 Å². The zero-order chi connectivity index (χ0) is 22.3. The lowest BCUT2D eigenvalue weighted by Crippen LogP contribution is -2.50. The number of amides is 2. The lowest BCUT2D eigenvalue weighted by Gasteiger charge is -2.43. The van der Waals surface area contributed by atoms with Crippen LogP contribution in [0.1, 0.15) is 29.2 Å². The molecule has 2 aliphatic heterocycles. The van der Waals surface area contributed by atoms with Crippen molar-refractivity contribution in [2.45, 2.75) is 18.6 Å². The maximum atomic E-state index is 13.2. The number of carbonyl (C=O) groups is 1. The molecule has 0 aromatic heterocycles. The third-order valence-corrected chi connectivity index (χ3v) is 5.60. The summed E-state index contributed by atoms with van der Waals surface area (Å²) in [5.74, 6) is 0. The standard InChI is InChI=1S/C23H19F3N4O/c1-14-20-19(10-11-29(14)2)30(18-5-3-4-17(12-18)23(24,25)26)22(31)28-21(20)16-8-6-15(13-27)7-9-16/h3-9,12,21H,1,10-11H2,2H3,(H,28,31). The fourth-order valence-corrected chi connectivity index (χ4v) is 3.96. The lowest BCUT2D eigenvalue weighted by atomic mass is 9.88. The topological polar surface area (TPSA) is 59.4 Å². The number of nitrogens with one attached hydrogen (secondary N) is 1. The van der Waals surface area contributed by atoms with E-state index in [9.17, 15) is 18.0 Å². The van der Waals surface area contributed by atoms with Crippen LogP contribution >= 0.6 is 0 Å². The number of urea groups is 1. The Kier molecular flexibility index (Phi) is 4.97. The average molecular weight is 424 g/mol. The second-order valence-corrected chi connectivity index (χ2v) is 7.48. The number of nitrogens with zero attached hydrogens (tertiary/aromatic N) is 3. The van der Waals surface area contributed by atoms with Gasteiger partial charge < -0.3 is 10.2 Å². The number of hydrogen-bond acceptors (Lipinski definition) is 3. The zero-order valence-corrected chi connectivity index (χ0v) is 16.7. The monoisotopic (exact) mass is 424 g/mol. The van der Waals surface area contributed by atoms with Crippen molar-refractivity contribution in [3.05, 3.63) is 88.8 Å². The maximum Gasteiger partial charge on any atom is 0.416 e. The third-order valence-electron chi connectivity index (χ3n) is 5.60. The largest absolute Gasteiger partial charge is 0.416 e. The maximum absolute atomic E-state index is 13.2. The van der Waals surface area contributed by atoms with Crippen molar-refractivity contribution < 1.29 is 18.0 Å². The summed E-state index contributed by atoms with van der Waals surface area (Å²) in [5, 5.41) is 12.0. The molecule has 158 valence electrons. The fraction of sp³-hybridized carbons (Fsp3) is 0.217. The van der Waals surface area contributed by atoms with Crippen molar-refractivity contribution in [1.82, 2.24) is 10.2 Å². The van der Waals surface area contributed by atoms with Crippen LogP contribution in [-0.2, 0) is 6.18 Å². The van der Waals surface area contributed by atoms with Crippen LogP contribution in [-0.4, -0.2) is 24.5 Å². The molecule has 0 spiro atoms. The number of likely N-dealkylation sites (N-methyl/N-ethyl adjacent to an activating group) is 1. The van der Waals surface area contributed by atoms with Gasteiger partial charge in [0.15, 0.2) is 0 Å². The second kappa shape index (κ2) is 7.51. The lowest BCUT2D eigenvalue weighted by molar-refractivity contribution is -0.137. The van der Waals surface area contributed by atoms with Crippen LogP contribution in [0.4, 0.5) is 23.7 Å². The van der Waals surface area contributed by atoms with Gasteiger partial charge in [-0.05, 0) is 35.9 Å². The minimum atomic E-state index is -4.51. The van der Waals surface area contributed by atoms with Gasteiger partial charge in [-0.1, -0.05) is 24.8 Å². The third kappa shape index (κ3) is 3.63. The number of hydrogen-bond donors (Lipinski definition) is 1. The quantitative estimate of drug-likeness (QED) is 0.742. The molecule has 2 aromatic rings. The van der Waals surface area contributed by atoms with Crippen molar-refractivity contribution in [2.75, 3.05) is 18.5 Å². The highest BCUT2D eigenvalue weighted by atomic mass is 19.4. The summed E-state index contributed by atoms with van der Waals surface area (Å²) < 4.78 is 39.7. The van der Waals surface area contributed by atoms with Crippen molar-refractivity contribution in [3.8, 4) is 6.07 Å². The summed E-state index contributed by atoms with van der Waals surface area (Å²) >= 11 is 0. The van der Waals surface area contributed by atoms with E-state index in [1.54, 1.807) is 24.3 Å². The molecule has 2 aromatic carbocycles. The highest BCUT2D eigenvalue weighted by molar-refractivity contribution is 5.98. The summed E-state index contributed by atoms with van der Waals surface area (Å²) in [6.45, 7) is 4.74. The van der Waals surface area contributed by atoms with Crippen LogP contribution in [0.25, 0.3) is 0 Å². The van der Waals surface area contributed by atoms with Crippen LogP contribution in [0.15, 0.2) is 72.1 Å². The Hall–Kier alpha value is -3.73. The molecule has 0 radical (unpaired) electrons. The van der Waals surface area contributed by atoms with Crippen molar-refractivity contribution in [2.24, 2.45) is 0 Å².